The molecule has 4 aliphatic carbocycles. The van der Waals surface area contributed by atoms with Crippen LogP contribution in [0.3, 0.4) is 0 Å². The molecule has 0 aromatic rings. The number of carbonyl (C=O) groups is 5. The molecule has 9 heteroatoms. The molecule has 4 aliphatic rings. The zero-order chi connectivity index (χ0) is 27.6. The van der Waals surface area contributed by atoms with E-state index in [9.17, 15) is 29.1 Å². The summed E-state index contributed by atoms with van der Waals surface area (Å²) < 4.78 is 28.9. The SMILES string of the molecule is CCC(=O)OC1=C[C@H]2[C@@H]3C[C@@H](C)[C@@](OC(=O)CC)(C(=O)C=O)[C@@]3(C)C[C@H](O)[C@]2(F)[C@@]2(C)C=CC(=O)C=C12. The fourth-order valence-electron chi connectivity index (χ4n) is 7.49. The smallest absolute Gasteiger partial charge is 0.310 e. The lowest BCUT2D eigenvalue weighted by Gasteiger charge is -2.61. The van der Waals surface area contributed by atoms with Gasteiger partial charge < -0.3 is 14.6 Å². The Balaban J connectivity index is 1.97. The Labute approximate surface area is 214 Å². The standard InChI is InChI=1S/C28H33FO8/c1-6-23(34)36-20-12-18-17-10-15(3)28(22(33)14-30,37-24(35)7-2)26(17,5)13-21(32)27(18,29)25(4)9-8-16(31)11-19(20)25/h8-9,11-12,14-15,17-18,21,32H,6-7,10,13H2,1-5H3/t15-,17+,18+,21+,25+,26+,27+,28-/m1/s1. The fourth-order valence-corrected chi connectivity index (χ4v) is 7.49. The van der Waals surface area contributed by atoms with E-state index in [0.29, 0.717) is 0 Å². The summed E-state index contributed by atoms with van der Waals surface area (Å²) in [7, 11) is 0. The molecule has 0 unspecified atom stereocenters. The minimum atomic E-state index is -2.35. The van der Waals surface area contributed by atoms with E-state index >= 15 is 4.39 Å². The van der Waals surface area contributed by atoms with Crippen LogP contribution >= 0.6 is 0 Å². The van der Waals surface area contributed by atoms with Crippen LogP contribution in [-0.4, -0.2) is 52.3 Å². The van der Waals surface area contributed by atoms with Crippen LogP contribution in [0.25, 0.3) is 0 Å². The second-order valence-corrected chi connectivity index (χ2v) is 11.1. The number of rotatable bonds is 6. The molecule has 0 aromatic carbocycles. The molecule has 0 aromatic heterocycles. The molecule has 37 heavy (non-hydrogen) atoms. The number of ketones is 2. The largest absolute Gasteiger partial charge is 0.450 e. The first-order chi connectivity index (χ1) is 17.3. The first-order valence-corrected chi connectivity index (χ1v) is 12.7. The van der Waals surface area contributed by atoms with Crippen LogP contribution in [0.2, 0.25) is 0 Å². The van der Waals surface area contributed by atoms with Crippen molar-refractivity contribution in [1.29, 1.82) is 0 Å². The van der Waals surface area contributed by atoms with Gasteiger partial charge in [-0.3, -0.25) is 24.0 Å². The van der Waals surface area contributed by atoms with Crippen LogP contribution in [0.1, 0.15) is 60.3 Å². The number of hydrogen-bond acceptors (Lipinski definition) is 8. The number of aliphatic hydroxyl groups is 1. The highest BCUT2D eigenvalue weighted by molar-refractivity contribution is 6.29. The summed E-state index contributed by atoms with van der Waals surface area (Å²) in [6, 6.07) is 0. The Morgan fingerprint density at radius 1 is 1.19 bits per heavy atom. The van der Waals surface area contributed by atoms with Gasteiger partial charge in [-0.25, -0.2) is 4.39 Å². The third kappa shape index (κ3) is 3.39. The third-order valence-corrected chi connectivity index (χ3v) is 9.36. The van der Waals surface area contributed by atoms with Crippen molar-refractivity contribution in [3.8, 4) is 0 Å². The summed E-state index contributed by atoms with van der Waals surface area (Å²) in [4.78, 5) is 62.1. The summed E-state index contributed by atoms with van der Waals surface area (Å²) in [6.45, 7) is 8.04. The van der Waals surface area contributed by atoms with Crippen molar-refractivity contribution in [3.63, 3.8) is 0 Å². The minimum Gasteiger partial charge on any atom is -0.450 e. The van der Waals surface area contributed by atoms with Gasteiger partial charge in [0.05, 0.1) is 11.5 Å². The van der Waals surface area contributed by atoms with Gasteiger partial charge in [-0.05, 0) is 43.9 Å². The Morgan fingerprint density at radius 2 is 1.84 bits per heavy atom. The van der Waals surface area contributed by atoms with Crippen molar-refractivity contribution in [1.82, 2.24) is 0 Å². The molecular weight excluding hydrogens is 483 g/mol. The molecule has 0 radical (unpaired) electrons. The first kappa shape index (κ1) is 27.1. The molecule has 1 N–H and O–H groups in total. The van der Waals surface area contributed by atoms with Crippen LogP contribution in [0.15, 0.2) is 35.6 Å². The van der Waals surface area contributed by atoms with Crippen molar-refractivity contribution in [2.75, 3.05) is 0 Å². The molecule has 4 rings (SSSR count). The van der Waals surface area contributed by atoms with Gasteiger partial charge in [-0.1, -0.05) is 33.8 Å². The zero-order valence-electron chi connectivity index (χ0n) is 21.7. The van der Waals surface area contributed by atoms with Crippen LogP contribution in [-0.2, 0) is 33.4 Å². The maximum atomic E-state index is 17.5. The van der Waals surface area contributed by atoms with E-state index in [1.807, 2.05) is 0 Å². The molecule has 2 fully saturated rings. The molecule has 0 bridgehead atoms. The average molecular weight is 517 g/mol. The summed E-state index contributed by atoms with van der Waals surface area (Å²) in [6.07, 6.45) is 3.66. The number of aldehydes is 1. The van der Waals surface area contributed by atoms with Gasteiger partial charge in [0.2, 0.25) is 5.78 Å². The van der Waals surface area contributed by atoms with Crippen LogP contribution < -0.4 is 0 Å². The number of allylic oxidation sites excluding steroid dienone is 5. The lowest BCUT2D eigenvalue weighted by Crippen LogP contribution is -2.69. The second-order valence-electron chi connectivity index (χ2n) is 11.1. The van der Waals surface area contributed by atoms with Crippen LogP contribution in [0.5, 0.6) is 0 Å². The molecule has 8 atom stereocenters. The van der Waals surface area contributed by atoms with Gasteiger partial charge in [0, 0.05) is 35.7 Å². The van der Waals surface area contributed by atoms with Crippen molar-refractivity contribution < 1.29 is 42.9 Å². The number of fused-ring (bicyclic) bond motifs is 5. The van der Waals surface area contributed by atoms with Crippen molar-refractivity contribution in [3.05, 3.63) is 35.6 Å². The highest BCUT2D eigenvalue weighted by Gasteiger charge is 2.77. The number of Topliss-reactive ketones (excluding diaryl/α,β-unsaturated/α-hetero) is 1. The maximum Gasteiger partial charge on any atom is 0.310 e. The Bertz CT molecular complexity index is 1170. The zero-order valence-corrected chi connectivity index (χ0v) is 21.7. The highest BCUT2D eigenvalue weighted by atomic mass is 19.1. The van der Waals surface area contributed by atoms with Crippen molar-refractivity contribution in [2.24, 2.45) is 28.6 Å². The van der Waals surface area contributed by atoms with Gasteiger partial charge in [0.25, 0.3) is 0 Å². The molecule has 200 valence electrons. The molecule has 0 aliphatic heterocycles. The predicted octanol–water partition coefficient (Wildman–Crippen LogP) is 3.12. The molecule has 2 saturated carbocycles. The molecule has 0 heterocycles. The number of hydrogen-bond donors (Lipinski definition) is 1. The van der Waals surface area contributed by atoms with E-state index in [2.05, 4.69) is 0 Å². The number of halogens is 1. The Hall–Kier alpha value is -2.94. The van der Waals surface area contributed by atoms with Gasteiger partial charge in [-0.15, -0.1) is 0 Å². The van der Waals surface area contributed by atoms with Gasteiger partial charge in [0.15, 0.2) is 23.3 Å². The quantitative estimate of drug-likeness (QED) is 0.324. The number of esters is 2. The van der Waals surface area contributed by atoms with Crippen molar-refractivity contribution in [2.45, 2.75) is 77.7 Å². The number of aliphatic hydroxyl groups excluding tert-OH is 1. The Kier molecular flexibility index (Phi) is 6.46. The molecule has 0 spiro atoms. The number of alkyl halides is 1. The summed E-state index contributed by atoms with van der Waals surface area (Å²) in [5, 5.41) is 11.5. The Morgan fingerprint density at radius 3 is 2.43 bits per heavy atom. The fraction of sp³-hybridized carbons (Fsp3) is 0.607. The molecular formula is C28H33FO8. The summed E-state index contributed by atoms with van der Waals surface area (Å²) in [5.74, 6) is -5.00. The normalized spacial score (nSPS) is 42.0. The van der Waals surface area contributed by atoms with Crippen LogP contribution in [0, 0.1) is 28.6 Å². The monoisotopic (exact) mass is 516 g/mol. The highest BCUT2D eigenvalue weighted by Crippen LogP contribution is 2.71. The topological polar surface area (TPSA) is 124 Å². The first-order valence-electron chi connectivity index (χ1n) is 12.7. The molecule has 8 nitrogen and oxygen atoms in total. The number of ether oxygens (including phenoxy) is 2. The predicted molar refractivity (Wildman–Crippen MR) is 128 cm³/mol. The average Bonchev–Trinajstić information content (AvgIpc) is 3.07. The van der Waals surface area contributed by atoms with Gasteiger partial charge in [0.1, 0.15) is 5.76 Å². The second kappa shape index (κ2) is 8.82. The van der Waals surface area contributed by atoms with E-state index in [4.69, 9.17) is 9.47 Å². The maximum absolute atomic E-state index is 17.5. The van der Waals surface area contributed by atoms with E-state index < -0.39 is 69.5 Å². The van der Waals surface area contributed by atoms with E-state index in [1.54, 1.807) is 34.6 Å². The third-order valence-electron chi connectivity index (χ3n) is 9.36. The lowest BCUT2D eigenvalue weighted by atomic mass is 9.46. The van der Waals surface area contributed by atoms with E-state index in [1.165, 1.54) is 24.3 Å². The number of carbonyl (C=O) groups excluding carboxylic acids is 5. The van der Waals surface area contributed by atoms with Crippen molar-refractivity contribution >= 4 is 29.8 Å². The van der Waals surface area contributed by atoms with E-state index in [0.717, 1.165) is 0 Å². The lowest BCUT2D eigenvalue weighted by molar-refractivity contribution is -0.217. The van der Waals surface area contributed by atoms with Gasteiger partial charge >= 0.3 is 11.9 Å². The minimum absolute atomic E-state index is 0.0270. The molecule has 0 amide bonds. The van der Waals surface area contributed by atoms with Gasteiger partial charge in [-0.2, -0.15) is 0 Å². The summed E-state index contributed by atoms with van der Waals surface area (Å²) in [5.41, 5.74) is -6.93. The summed E-state index contributed by atoms with van der Waals surface area (Å²) >= 11 is 0. The molecule has 0 saturated heterocycles. The van der Waals surface area contributed by atoms with Crippen LogP contribution in [0.4, 0.5) is 4.39 Å². The van der Waals surface area contributed by atoms with E-state index in [-0.39, 0.29) is 43.3 Å².